The van der Waals surface area contributed by atoms with Gasteiger partial charge in [0.25, 0.3) is 5.91 Å². The van der Waals surface area contributed by atoms with Crippen LogP contribution in [-0.2, 0) is 0 Å². The van der Waals surface area contributed by atoms with E-state index < -0.39 is 6.17 Å². The molecule has 0 saturated heterocycles. The van der Waals surface area contributed by atoms with Crippen LogP contribution < -0.4 is 15.0 Å². The number of pyridine rings is 1. The molecule has 142 valence electrons. The minimum absolute atomic E-state index is 0.0888. The lowest BCUT2D eigenvalue weighted by atomic mass is 10.1. The zero-order chi connectivity index (χ0) is 19.8. The highest BCUT2D eigenvalue weighted by Gasteiger charge is 2.39. The standard InChI is InChI=1S/C22H20ClN3O2/c1-13-6-8-15(9-7-13)26-21(20-16(22(26)27)5-4-10-24-20)25-18-11-14(2)17(23)12-19(18)28-3/h4-12,21,25H,1-3H3/t21-/m0/s1. The van der Waals surface area contributed by atoms with Gasteiger partial charge in [0.15, 0.2) is 6.17 Å². The van der Waals surface area contributed by atoms with E-state index in [0.29, 0.717) is 22.0 Å². The first-order valence-electron chi connectivity index (χ1n) is 8.95. The number of amides is 1. The van der Waals surface area contributed by atoms with Crippen LogP contribution in [0.5, 0.6) is 5.75 Å². The van der Waals surface area contributed by atoms with Crippen molar-refractivity contribution in [2.24, 2.45) is 0 Å². The fourth-order valence-electron chi connectivity index (χ4n) is 3.38. The summed E-state index contributed by atoms with van der Waals surface area (Å²) >= 11 is 6.24. The Hall–Kier alpha value is -3.05. The number of carbonyl (C=O) groups is 1. The molecule has 0 spiro atoms. The molecule has 1 aliphatic heterocycles. The van der Waals surface area contributed by atoms with Crippen molar-refractivity contribution in [1.82, 2.24) is 4.98 Å². The highest BCUT2D eigenvalue weighted by Crippen LogP contribution is 2.40. The zero-order valence-electron chi connectivity index (χ0n) is 15.9. The van der Waals surface area contributed by atoms with Gasteiger partial charge in [-0.1, -0.05) is 29.3 Å². The molecule has 2 aromatic carbocycles. The van der Waals surface area contributed by atoms with Gasteiger partial charge in [-0.15, -0.1) is 0 Å². The molecule has 0 saturated carbocycles. The summed E-state index contributed by atoms with van der Waals surface area (Å²) in [5.74, 6) is 0.519. The molecule has 6 heteroatoms. The van der Waals surface area contributed by atoms with Crippen LogP contribution in [0.2, 0.25) is 5.02 Å². The lowest BCUT2D eigenvalue weighted by molar-refractivity contribution is 0.0993. The fourth-order valence-corrected chi connectivity index (χ4v) is 3.54. The van der Waals surface area contributed by atoms with Crippen LogP contribution >= 0.6 is 11.6 Å². The van der Waals surface area contributed by atoms with Crippen LogP contribution in [0.1, 0.15) is 33.3 Å². The van der Waals surface area contributed by atoms with Gasteiger partial charge in [-0.05, 0) is 49.7 Å². The number of methoxy groups -OCH3 is 1. The minimum Gasteiger partial charge on any atom is -0.495 e. The number of aryl methyl sites for hydroxylation is 2. The largest absolute Gasteiger partial charge is 0.495 e. The number of ether oxygens (including phenoxy) is 1. The van der Waals surface area contributed by atoms with Gasteiger partial charge >= 0.3 is 0 Å². The molecule has 0 fully saturated rings. The quantitative estimate of drug-likeness (QED) is 0.667. The topological polar surface area (TPSA) is 54.5 Å². The third kappa shape index (κ3) is 3.08. The van der Waals surface area contributed by atoms with E-state index in [2.05, 4.69) is 10.3 Å². The second-order valence-electron chi connectivity index (χ2n) is 6.80. The van der Waals surface area contributed by atoms with Gasteiger partial charge in [0.2, 0.25) is 0 Å². The highest BCUT2D eigenvalue weighted by atomic mass is 35.5. The van der Waals surface area contributed by atoms with Crippen molar-refractivity contribution in [3.05, 3.63) is 82.1 Å². The summed E-state index contributed by atoms with van der Waals surface area (Å²) in [4.78, 5) is 19.4. The molecule has 28 heavy (non-hydrogen) atoms. The minimum atomic E-state index is -0.458. The van der Waals surface area contributed by atoms with Crippen molar-refractivity contribution >= 4 is 28.9 Å². The zero-order valence-corrected chi connectivity index (χ0v) is 16.6. The SMILES string of the molecule is COc1cc(Cl)c(C)cc1N[C@@H]1c2ncccc2C(=O)N1c1ccc(C)cc1. The van der Waals surface area contributed by atoms with E-state index >= 15 is 0 Å². The summed E-state index contributed by atoms with van der Waals surface area (Å²) in [6.45, 7) is 3.94. The van der Waals surface area contributed by atoms with Crippen molar-refractivity contribution in [1.29, 1.82) is 0 Å². The average molecular weight is 394 g/mol. The van der Waals surface area contributed by atoms with E-state index in [9.17, 15) is 4.79 Å². The smallest absolute Gasteiger partial charge is 0.262 e. The van der Waals surface area contributed by atoms with Gasteiger partial charge in [-0.3, -0.25) is 14.7 Å². The van der Waals surface area contributed by atoms with Crippen molar-refractivity contribution in [3.8, 4) is 5.75 Å². The number of rotatable bonds is 4. The number of benzene rings is 2. The third-order valence-electron chi connectivity index (χ3n) is 4.89. The molecular formula is C22H20ClN3O2. The van der Waals surface area contributed by atoms with Gasteiger partial charge in [-0.25, -0.2) is 0 Å². The van der Waals surface area contributed by atoms with Gasteiger partial charge in [0, 0.05) is 23.0 Å². The van der Waals surface area contributed by atoms with E-state index in [1.807, 2.05) is 44.2 Å². The summed E-state index contributed by atoms with van der Waals surface area (Å²) in [6.07, 6.45) is 1.24. The van der Waals surface area contributed by atoms with Crippen molar-refractivity contribution in [2.75, 3.05) is 17.3 Å². The third-order valence-corrected chi connectivity index (χ3v) is 5.30. The first kappa shape index (κ1) is 18.3. The van der Waals surface area contributed by atoms with Crippen LogP contribution in [0.25, 0.3) is 0 Å². The molecule has 1 atom stereocenters. The molecule has 1 N–H and O–H groups in total. The Morgan fingerprint density at radius 2 is 1.89 bits per heavy atom. The molecule has 4 rings (SSSR count). The summed E-state index contributed by atoms with van der Waals surface area (Å²) in [5, 5.41) is 4.06. The maximum Gasteiger partial charge on any atom is 0.262 e. The molecule has 5 nitrogen and oxygen atoms in total. The number of anilines is 2. The number of carbonyl (C=O) groups excluding carboxylic acids is 1. The number of nitrogens with zero attached hydrogens (tertiary/aromatic N) is 2. The molecular weight excluding hydrogens is 374 g/mol. The number of fused-ring (bicyclic) bond motifs is 1. The molecule has 2 heterocycles. The number of hydrogen-bond acceptors (Lipinski definition) is 4. The van der Waals surface area contributed by atoms with Crippen molar-refractivity contribution < 1.29 is 9.53 Å². The van der Waals surface area contributed by atoms with Gasteiger partial charge in [0.05, 0.1) is 24.1 Å². The maximum atomic E-state index is 13.2. The second-order valence-corrected chi connectivity index (χ2v) is 7.20. The van der Waals surface area contributed by atoms with Crippen LogP contribution in [-0.4, -0.2) is 18.0 Å². The summed E-state index contributed by atoms with van der Waals surface area (Å²) in [7, 11) is 1.59. The Balaban J connectivity index is 1.81. The first-order chi connectivity index (χ1) is 13.5. The molecule has 0 radical (unpaired) electrons. The monoisotopic (exact) mass is 393 g/mol. The molecule has 0 aliphatic carbocycles. The van der Waals surface area contributed by atoms with Crippen molar-refractivity contribution in [2.45, 2.75) is 20.0 Å². The Morgan fingerprint density at radius 1 is 1.14 bits per heavy atom. The van der Waals surface area contributed by atoms with E-state index in [1.54, 1.807) is 36.4 Å². The van der Waals surface area contributed by atoms with Crippen LogP contribution in [0.15, 0.2) is 54.7 Å². The van der Waals surface area contributed by atoms with Gasteiger partial charge in [-0.2, -0.15) is 0 Å². The predicted molar refractivity (Wildman–Crippen MR) is 111 cm³/mol. The Labute approximate surface area is 168 Å². The van der Waals surface area contributed by atoms with Gasteiger partial charge < -0.3 is 10.1 Å². The highest BCUT2D eigenvalue weighted by molar-refractivity contribution is 6.31. The summed E-state index contributed by atoms with van der Waals surface area (Å²) < 4.78 is 5.49. The molecule has 1 aromatic heterocycles. The molecule has 3 aromatic rings. The average Bonchev–Trinajstić information content (AvgIpc) is 2.97. The Bertz CT molecular complexity index is 1050. The predicted octanol–water partition coefficient (Wildman–Crippen LogP) is 5.13. The normalized spacial score (nSPS) is 15.5. The van der Waals surface area contributed by atoms with Crippen LogP contribution in [0, 0.1) is 13.8 Å². The van der Waals surface area contributed by atoms with E-state index in [0.717, 1.165) is 22.5 Å². The number of halogens is 1. The van der Waals surface area contributed by atoms with Gasteiger partial charge in [0.1, 0.15) is 5.75 Å². The van der Waals surface area contributed by atoms with E-state index in [4.69, 9.17) is 16.3 Å². The Kier molecular flexibility index (Phi) is 4.69. The van der Waals surface area contributed by atoms with Crippen LogP contribution in [0.3, 0.4) is 0 Å². The Morgan fingerprint density at radius 3 is 2.61 bits per heavy atom. The number of aromatic nitrogens is 1. The number of nitrogens with one attached hydrogen (secondary N) is 1. The molecule has 0 bridgehead atoms. The van der Waals surface area contributed by atoms with E-state index in [1.165, 1.54) is 0 Å². The lowest BCUT2D eigenvalue weighted by Crippen LogP contribution is -2.32. The fraction of sp³-hybridized carbons (Fsp3) is 0.182. The second kappa shape index (κ2) is 7.17. The maximum absolute atomic E-state index is 13.2. The van der Waals surface area contributed by atoms with Crippen LogP contribution in [0.4, 0.5) is 11.4 Å². The summed E-state index contributed by atoms with van der Waals surface area (Å²) in [5.41, 5.74) is 4.87. The van der Waals surface area contributed by atoms with E-state index in [-0.39, 0.29) is 5.91 Å². The summed E-state index contributed by atoms with van der Waals surface area (Å²) in [6, 6.07) is 15.1. The molecule has 0 unspecified atom stereocenters. The van der Waals surface area contributed by atoms with Crippen molar-refractivity contribution in [3.63, 3.8) is 0 Å². The number of hydrogen-bond donors (Lipinski definition) is 1. The molecule has 1 aliphatic rings. The lowest BCUT2D eigenvalue weighted by Gasteiger charge is -2.27. The molecule has 1 amide bonds. The first-order valence-corrected chi connectivity index (χ1v) is 9.33.